The lowest BCUT2D eigenvalue weighted by Gasteiger charge is -2.39. The summed E-state index contributed by atoms with van der Waals surface area (Å²) in [6.45, 7) is 2.83. The molecule has 2 fully saturated rings. The van der Waals surface area contributed by atoms with E-state index >= 15 is 0 Å². The molecule has 3 aliphatic rings. The molecule has 3 N–H and O–H groups in total. The van der Waals surface area contributed by atoms with Crippen LogP contribution >= 0.6 is 0 Å². The summed E-state index contributed by atoms with van der Waals surface area (Å²) in [5.74, 6) is -0.811. The number of carbonyl (C=O) groups excluding carboxylic acids is 4. The van der Waals surface area contributed by atoms with E-state index in [0.717, 1.165) is 0 Å². The van der Waals surface area contributed by atoms with Gasteiger partial charge in [-0.25, -0.2) is 0 Å². The number of hydrogen-bond acceptors (Lipinski definition) is 5. The zero-order valence-electron chi connectivity index (χ0n) is 17.6. The molecule has 166 valence electrons. The smallest absolute Gasteiger partial charge is 0.258 e. The molecule has 0 radical (unpaired) electrons. The number of carbonyl (C=O) groups is 4. The number of piperidine rings is 1. The van der Waals surface area contributed by atoms with E-state index in [1.165, 1.54) is 0 Å². The quantitative estimate of drug-likeness (QED) is 0.731. The van der Waals surface area contributed by atoms with Crippen LogP contribution in [0.5, 0.6) is 5.75 Å². The van der Waals surface area contributed by atoms with Crippen LogP contribution in [0.25, 0.3) is 0 Å². The lowest BCUT2D eigenvalue weighted by atomic mass is 9.97. The maximum atomic E-state index is 13.1. The molecule has 31 heavy (non-hydrogen) atoms. The van der Waals surface area contributed by atoms with Crippen molar-refractivity contribution in [1.82, 2.24) is 15.1 Å². The number of amides is 4. The van der Waals surface area contributed by atoms with E-state index < -0.39 is 17.7 Å². The van der Waals surface area contributed by atoms with E-state index in [4.69, 9.17) is 10.5 Å². The third kappa shape index (κ3) is 4.08. The number of nitrogens with two attached hydrogens (primary N) is 1. The molecule has 3 atom stereocenters. The van der Waals surface area contributed by atoms with Crippen molar-refractivity contribution in [2.75, 3.05) is 19.6 Å². The fourth-order valence-corrected chi connectivity index (χ4v) is 4.70. The Morgan fingerprint density at radius 1 is 1.23 bits per heavy atom. The van der Waals surface area contributed by atoms with Gasteiger partial charge in [0.2, 0.25) is 17.7 Å². The molecular formula is C22H28N4O5. The van der Waals surface area contributed by atoms with Crippen molar-refractivity contribution in [2.45, 2.75) is 50.8 Å². The minimum atomic E-state index is -0.971. The molecule has 4 rings (SSSR count). The van der Waals surface area contributed by atoms with Crippen molar-refractivity contribution < 1.29 is 23.9 Å². The third-order valence-corrected chi connectivity index (χ3v) is 6.56. The molecule has 1 aromatic carbocycles. The maximum Gasteiger partial charge on any atom is 0.258 e. The summed E-state index contributed by atoms with van der Waals surface area (Å²) in [7, 11) is 0. The number of nitrogens with zero attached hydrogens (tertiary/aromatic N) is 2. The first-order valence-corrected chi connectivity index (χ1v) is 10.8. The Kier molecular flexibility index (Phi) is 5.60. The molecule has 0 bridgehead atoms. The Bertz CT molecular complexity index is 919. The molecule has 0 aliphatic carbocycles. The Labute approximate surface area is 180 Å². The van der Waals surface area contributed by atoms with E-state index in [-0.39, 0.29) is 36.6 Å². The SMILES string of the molecule is C[C@H](C(=O)N1CCC[C@H](C(N)=O)C1)N1CC[C@@]2(CCC1=O)NC(=O)c1ccccc1O2. The molecule has 0 aromatic heterocycles. The number of fused-ring (bicyclic) bond motifs is 1. The second kappa shape index (κ2) is 8.20. The standard InChI is InChI=1S/C22H28N4O5/c1-14(21(30)25-11-4-5-15(13-25)19(23)28)26-12-10-22(9-8-18(26)27)24-20(29)16-6-2-3-7-17(16)31-22/h2-3,6-7,14-15H,4-5,8-13H2,1H3,(H2,23,28)(H,24,29)/t14-,15+,22+/m1/s1. The first kappa shape index (κ1) is 21.1. The highest BCUT2D eigenvalue weighted by molar-refractivity contribution is 5.98. The Morgan fingerprint density at radius 2 is 2.00 bits per heavy atom. The predicted octanol–water partition coefficient (Wildman–Crippen LogP) is 0.630. The number of para-hydroxylation sites is 1. The predicted molar refractivity (Wildman–Crippen MR) is 111 cm³/mol. The molecule has 3 aliphatic heterocycles. The van der Waals surface area contributed by atoms with Gasteiger partial charge in [-0.15, -0.1) is 0 Å². The summed E-state index contributed by atoms with van der Waals surface area (Å²) in [4.78, 5) is 53.3. The van der Waals surface area contributed by atoms with Crippen LogP contribution in [0.1, 0.15) is 49.4 Å². The first-order chi connectivity index (χ1) is 14.8. The summed E-state index contributed by atoms with van der Waals surface area (Å²) in [5, 5.41) is 2.93. The van der Waals surface area contributed by atoms with Crippen LogP contribution in [-0.4, -0.2) is 64.8 Å². The Hall–Kier alpha value is -3.10. The highest BCUT2D eigenvalue weighted by atomic mass is 16.5. The van der Waals surface area contributed by atoms with Crippen LogP contribution in [0.4, 0.5) is 0 Å². The summed E-state index contributed by atoms with van der Waals surface area (Å²) in [6.07, 6.45) is 2.25. The maximum absolute atomic E-state index is 13.1. The lowest BCUT2D eigenvalue weighted by molar-refractivity contribution is -0.146. The van der Waals surface area contributed by atoms with Gasteiger partial charge in [-0.3, -0.25) is 19.2 Å². The number of likely N-dealkylation sites (tertiary alicyclic amines) is 2. The van der Waals surface area contributed by atoms with Crippen molar-refractivity contribution in [1.29, 1.82) is 0 Å². The summed E-state index contributed by atoms with van der Waals surface area (Å²) in [5.41, 5.74) is 4.92. The summed E-state index contributed by atoms with van der Waals surface area (Å²) < 4.78 is 6.15. The van der Waals surface area contributed by atoms with Gasteiger partial charge in [0.15, 0.2) is 5.72 Å². The normalized spacial score (nSPS) is 27.1. The van der Waals surface area contributed by atoms with Gasteiger partial charge in [0.25, 0.3) is 5.91 Å². The van der Waals surface area contributed by atoms with Crippen LogP contribution in [0.3, 0.4) is 0 Å². The molecule has 0 saturated carbocycles. The van der Waals surface area contributed by atoms with Gasteiger partial charge < -0.3 is 25.6 Å². The van der Waals surface area contributed by atoms with Crippen LogP contribution < -0.4 is 15.8 Å². The van der Waals surface area contributed by atoms with Crippen molar-refractivity contribution in [3.05, 3.63) is 29.8 Å². The van der Waals surface area contributed by atoms with Crippen molar-refractivity contribution >= 4 is 23.6 Å². The number of rotatable bonds is 3. The molecule has 2 saturated heterocycles. The number of ether oxygens (including phenoxy) is 1. The Balaban J connectivity index is 1.46. The monoisotopic (exact) mass is 428 g/mol. The van der Waals surface area contributed by atoms with E-state index in [2.05, 4.69) is 5.32 Å². The average molecular weight is 428 g/mol. The minimum Gasteiger partial charge on any atom is -0.467 e. The minimum absolute atomic E-state index is 0.155. The topological polar surface area (TPSA) is 122 Å². The van der Waals surface area contributed by atoms with Gasteiger partial charge in [-0.05, 0) is 31.9 Å². The van der Waals surface area contributed by atoms with E-state index in [1.54, 1.807) is 41.0 Å². The average Bonchev–Trinajstić information content (AvgIpc) is 2.92. The van der Waals surface area contributed by atoms with Gasteiger partial charge in [0.1, 0.15) is 11.8 Å². The van der Waals surface area contributed by atoms with Crippen molar-refractivity contribution in [3.8, 4) is 5.75 Å². The summed E-state index contributed by atoms with van der Waals surface area (Å²) >= 11 is 0. The molecule has 9 nitrogen and oxygen atoms in total. The van der Waals surface area contributed by atoms with E-state index in [0.29, 0.717) is 50.1 Å². The molecule has 1 spiro atoms. The van der Waals surface area contributed by atoms with Crippen LogP contribution in [0.2, 0.25) is 0 Å². The largest absolute Gasteiger partial charge is 0.467 e. The number of primary amides is 1. The van der Waals surface area contributed by atoms with Crippen LogP contribution in [0, 0.1) is 5.92 Å². The zero-order valence-corrected chi connectivity index (χ0v) is 17.6. The van der Waals surface area contributed by atoms with E-state index in [9.17, 15) is 19.2 Å². The second-order valence-corrected chi connectivity index (χ2v) is 8.59. The van der Waals surface area contributed by atoms with Gasteiger partial charge in [-0.1, -0.05) is 12.1 Å². The highest BCUT2D eigenvalue weighted by Gasteiger charge is 2.44. The highest BCUT2D eigenvalue weighted by Crippen LogP contribution is 2.34. The fourth-order valence-electron chi connectivity index (χ4n) is 4.70. The number of nitrogens with one attached hydrogen (secondary N) is 1. The molecule has 4 amide bonds. The molecule has 1 aromatic rings. The Morgan fingerprint density at radius 3 is 2.77 bits per heavy atom. The van der Waals surface area contributed by atoms with Gasteiger partial charge in [0.05, 0.1) is 11.5 Å². The molecule has 0 unspecified atom stereocenters. The first-order valence-electron chi connectivity index (χ1n) is 10.8. The lowest BCUT2D eigenvalue weighted by Crippen LogP contribution is -2.57. The molecule has 3 heterocycles. The zero-order chi connectivity index (χ0) is 22.2. The van der Waals surface area contributed by atoms with Crippen molar-refractivity contribution in [3.63, 3.8) is 0 Å². The van der Waals surface area contributed by atoms with Gasteiger partial charge in [-0.2, -0.15) is 0 Å². The van der Waals surface area contributed by atoms with Crippen LogP contribution in [-0.2, 0) is 14.4 Å². The van der Waals surface area contributed by atoms with Crippen LogP contribution in [0.15, 0.2) is 24.3 Å². The van der Waals surface area contributed by atoms with Gasteiger partial charge in [0, 0.05) is 38.9 Å². The second-order valence-electron chi connectivity index (χ2n) is 8.59. The third-order valence-electron chi connectivity index (χ3n) is 6.56. The van der Waals surface area contributed by atoms with Crippen molar-refractivity contribution in [2.24, 2.45) is 11.7 Å². The van der Waals surface area contributed by atoms with Gasteiger partial charge >= 0.3 is 0 Å². The fraction of sp³-hybridized carbons (Fsp3) is 0.545. The number of benzene rings is 1. The molecular weight excluding hydrogens is 400 g/mol. The van der Waals surface area contributed by atoms with E-state index in [1.807, 2.05) is 0 Å². The number of hydrogen-bond donors (Lipinski definition) is 2. The summed E-state index contributed by atoms with van der Waals surface area (Å²) in [6, 6.07) is 6.36. The molecule has 9 heteroatoms.